The second-order valence-electron chi connectivity index (χ2n) is 9.32. The van der Waals surface area contributed by atoms with Gasteiger partial charge in [-0.05, 0) is 87.3 Å². The first-order valence-electron chi connectivity index (χ1n) is 11.1. The van der Waals surface area contributed by atoms with E-state index in [0.717, 1.165) is 30.2 Å². The molecule has 0 saturated heterocycles. The van der Waals surface area contributed by atoms with Gasteiger partial charge in [-0.1, -0.05) is 55.4 Å². The van der Waals surface area contributed by atoms with Gasteiger partial charge >= 0.3 is 12.1 Å². The minimum absolute atomic E-state index is 0.108. The van der Waals surface area contributed by atoms with E-state index in [-0.39, 0.29) is 16.7 Å². The van der Waals surface area contributed by atoms with Crippen LogP contribution in [0, 0.1) is 12.3 Å². The van der Waals surface area contributed by atoms with Gasteiger partial charge in [-0.15, -0.1) is 0 Å². The zero-order chi connectivity index (χ0) is 24.8. The predicted octanol–water partition coefficient (Wildman–Crippen LogP) is 8.45. The topological polar surface area (TPSA) is 26.3 Å². The van der Waals surface area contributed by atoms with Crippen LogP contribution in [0.4, 0.5) is 13.2 Å². The molecule has 0 atom stereocenters. The zero-order valence-corrected chi connectivity index (χ0v) is 20.3. The zero-order valence-electron chi connectivity index (χ0n) is 20.3. The molecule has 5 heteroatoms. The third-order valence-corrected chi connectivity index (χ3v) is 5.83. The number of alkyl halides is 3. The van der Waals surface area contributed by atoms with Crippen molar-refractivity contribution in [3.05, 3.63) is 88.1 Å². The first-order valence-corrected chi connectivity index (χ1v) is 11.1. The summed E-state index contributed by atoms with van der Waals surface area (Å²) in [7, 11) is 0. The van der Waals surface area contributed by atoms with Crippen LogP contribution < -0.4 is 4.74 Å². The van der Waals surface area contributed by atoms with Crippen LogP contribution in [0.15, 0.2) is 76.9 Å². The van der Waals surface area contributed by atoms with Gasteiger partial charge in [0.25, 0.3) is 0 Å². The summed E-state index contributed by atoms with van der Waals surface area (Å²) in [4.78, 5) is 12.1. The molecule has 33 heavy (non-hydrogen) atoms. The number of carbonyl (C=O) groups excluding carboxylic acids is 1. The highest BCUT2D eigenvalue weighted by atomic mass is 19.4. The third-order valence-electron chi connectivity index (χ3n) is 5.83. The van der Waals surface area contributed by atoms with Crippen molar-refractivity contribution in [2.45, 2.75) is 67.0 Å². The minimum Gasteiger partial charge on any atom is -0.423 e. The van der Waals surface area contributed by atoms with Gasteiger partial charge in [-0.25, -0.2) is 4.79 Å². The van der Waals surface area contributed by atoms with Crippen molar-refractivity contribution in [1.82, 2.24) is 0 Å². The molecule has 0 unspecified atom stereocenters. The Morgan fingerprint density at radius 3 is 2.39 bits per heavy atom. The molecule has 0 aromatic heterocycles. The number of hydrogen-bond acceptors (Lipinski definition) is 2. The Kier molecular flexibility index (Phi) is 8.70. The van der Waals surface area contributed by atoms with Crippen molar-refractivity contribution >= 4 is 5.97 Å². The molecule has 178 valence electrons. The Hall–Kier alpha value is -2.82. The van der Waals surface area contributed by atoms with E-state index in [1.54, 1.807) is 13.0 Å². The molecule has 0 spiro atoms. The Labute approximate surface area is 195 Å². The van der Waals surface area contributed by atoms with Gasteiger partial charge in [0.05, 0.1) is 5.56 Å². The fourth-order valence-corrected chi connectivity index (χ4v) is 3.94. The fraction of sp³-hybridized carbons (Fsp3) is 0.393. The predicted molar refractivity (Wildman–Crippen MR) is 128 cm³/mol. The number of benzene rings is 1. The summed E-state index contributed by atoms with van der Waals surface area (Å²) in [6.07, 6.45) is 10.4. The monoisotopic (exact) mass is 458 g/mol. The van der Waals surface area contributed by atoms with Crippen LogP contribution in [0.3, 0.4) is 0 Å². The summed E-state index contributed by atoms with van der Waals surface area (Å²) in [5, 5.41) is 0. The number of ether oxygens (including phenoxy) is 1. The summed E-state index contributed by atoms with van der Waals surface area (Å²) in [6.45, 7) is 12.0. The van der Waals surface area contributed by atoms with E-state index in [1.165, 1.54) is 37.0 Å². The number of rotatable bonds is 6. The molecule has 2 nitrogen and oxygen atoms in total. The summed E-state index contributed by atoms with van der Waals surface area (Å²) < 4.78 is 43.5. The van der Waals surface area contributed by atoms with Crippen LogP contribution >= 0.6 is 0 Å². The Balaban J connectivity index is 2.00. The standard InChI is InChI=1S/C28H33F3O2/c1-19(12-14-24-21(3)11-8-16-27(24,5)6)9-7-10-20(2)17-26(32)33-25-15-13-23(18-22(25)4)28(29,30)31/h7,9-10,12-15,17-18H,8,11,16H2,1-6H3/b10-7+,14-12+,19-9+,20-17+. The van der Waals surface area contributed by atoms with Gasteiger partial charge in [0.2, 0.25) is 0 Å². The molecule has 1 aliphatic carbocycles. The molecule has 0 saturated carbocycles. The molecule has 1 aromatic rings. The highest BCUT2D eigenvalue weighted by Gasteiger charge is 2.31. The Bertz CT molecular complexity index is 1030. The molecular formula is C28H33F3O2. The average Bonchev–Trinajstić information content (AvgIpc) is 2.67. The van der Waals surface area contributed by atoms with Crippen molar-refractivity contribution in [1.29, 1.82) is 0 Å². The number of aryl methyl sites for hydroxylation is 1. The summed E-state index contributed by atoms with van der Waals surface area (Å²) in [5.74, 6) is -0.528. The van der Waals surface area contributed by atoms with Crippen molar-refractivity contribution in [2.24, 2.45) is 5.41 Å². The molecule has 1 aliphatic rings. The van der Waals surface area contributed by atoms with Crippen molar-refractivity contribution in [3.63, 3.8) is 0 Å². The van der Waals surface area contributed by atoms with E-state index in [2.05, 4.69) is 32.9 Å². The van der Waals surface area contributed by atoms with E-state index < -0.39 is 17.7 Å². The molecule has 2 rings (SSSR count). The lowest BCUT2D eigenvalue weighted by Gasteiger charge is -2.32. The Morgan fingerprint density at radius 1 is 1.09 bits per heavy atom. The minimum atomic E-state index is -4.43. The molecule has 1 aromatic carbocycles. The highest BCUT2D eigenvalue weighted by molar-refractivity contribution is 5.85. The van der Waals surface area contributed by atoms with E-state index in [9.17, 15) is 18.0 Å². The summed E-state index contributed by atoms with van der Waals surface area (Å²) >= 11 is 0. The van der Waals surface area contributed by atoms with Gasteiger partial charge in [-0.3, -0.25) is 0 Å². The van der Waals surface area contributed by atoms with Gasteiger partial charge in [0, 0.05) is 6.08 Å². The average molecular weight is 459 g/mol. The summed E-state index contributed by atoms with van der Waals surface area (Å²) in [5.41, 5.74) is 4.28. The van der Waals surface area contributed by atoms with Crippen LogP contribution in [0.1, 0.15) is 65.0 Å². The maximum absolute atomic E-state index is 12.8. The quantitative estimate of drug-likeness (QED) is 0.185. The largest absolute Gasteiger partial charge is 0.423 e. The third kappa shape index (κ3) is 7.92. The first-order chi connectivity index (χ1) is 15.3. The lowest BCUT2D eigenvalue weighted by atomic mass is 9.72. The van der Waals surface area contributed by atoms with Crippen LogP contribution in [0.2, 0.25) is 0 Å². The second kappa shape index (κ2) is 10.9. The van der Waals surface area contributed by atoms with Crippen LogP contribution in [-0.2, 0) is 11.0 Å². The van der Waals surface area contributed by atoms with Crippen LogP contribution in [-0.4, -0.2) is 5.97 Å². The van der Waals surface area contributed by atoms with E-state index in [1.807, 2.05) is 19.1 Å². The van der Waals surface area contributed by atoms with Crippen molar-refractivity contribution in [3.8, 4) is 5.75 Å². The van der Waals surface area contributed by atoms with Crippen molar-refractivity contribution < 1.29 is 22.7 Å². The van der Waals surface area contributed by atoms with Crippen molar-refractivity contribution in [2.75, 3.05) is 0 Å². The maximum atomic E-state index is 12.8. The second-order valence-corrected chi connectivity index (χ2v) is 9.32. The first kappa shape index (κ1) is 26.4. The molecule has 0 amide bonds. The number of allylic oxidation sites excluding steroid dienone is 9. The number of halogens is 3. The fourth-order valence-electron chi connectivity index (χ4n) is 3.94. The maximum Gasteiger partial charge on any atom is 0.416 e. The van der Waals surface area contributed by atoms with Gasteiger partial charge in [0.15, 0.2) is 0 Å². The van der Waals surface area contributed by atoms with Crippen LogP contribution in [0.25, 0.3) is 0 Å². The van der Waals surface area contributed by atoms with Crippen LogP contribution in [0.5, 0.6) is 5.75 Å². The molecule has 0 heterocycles. The normalized spacial score (nSPS) is 17.8. The highest BCUT2D eigenvalue weighted by Crippen LogP contribution is 2.40. The number of esters is 1. The Morgan fingerprint density at radius 2 is 1.79 bits per heavy atom. The molecule has 0 fully saturated rings. The van der Waals surface area contributed by atoms with Gasteiger partial charge in [-0.2, -0.15) is 13.2 Å². The smallest absolute Gasteiger partial charge is 0.416 e. The molecular weight excluding hydrogens is 425 g/mol. The number of carbonyl (C=O) groups is 1. The molecule has 0 bridgehead atoms. The summed E-state index contributed by atoms with van der Waals surface area (Å²) in [6, 6.07) is 3.03. The molecule has 0 aliphatic heterocycles. The molecule has 0 radical (unpaired) electrons. The van der Waals surface area contributed by atoms with E-state index in [4.69, 9.17) is 4.74 Å². The van der Waals surface area contributed by atoms with Gasteiger partial charge in [0.1, 0.15) is 5.75 Å². The van der Waals surface area contributed by atoms with E-state index >= 15 is 0 Å². The van der Waals surface area contributed by atoms with Gasteiger partial charge < -0.3 is 4.74 Å². The van der Waals surface area contributed by atoms with E-state index in [0.29, 0.717) is 5.57 Å². The number of hydrogen-bond donors (Lipinski definition) is 0. The SMILES string of the molecule is CC1=C(/C=C/C(C)=C/C=C/C(C)=C/C(=O)Oc2ccc(C(F)(F)F)cc2C)C(C)(C)CCC1. The molecule has 0 N–H and O–H groups in total. The lowest BCUT2D eigenvalue weighted by molar-refractivity contribution is -0.137. The lowest BCUT2D eigenvalue weighted by Crippen LogP contribution is -2.19.